The molecule has 4 rings (SSSR count). The van der Waals surface area contributed by atoms with Gasteiger partial charge in [-0.1, -0.05) is 0 Å². The van der Waals surface area contributed by atoms with Crippen molar-refractivity contribution in [3.63, 3.8) is 0 Å². The van der Waals surface area contributed by atoms with E-state index in [-0.39, 0.29) is 30.6 Å². The Hall–Kier alpha value is -3.62. The molecule has 1 fully saturated rings. The zero-order valence-corrected chi connectivity index (χ0v) is 18.2. The normalized spacial score (nSPS) is 14.2. The quantitative estimate of drug-likeness (QED) is 0.535. The molecular formula is C21H21N5O5S. The summed E-state index contributed by atoms with van der Waals surface area (Å²) in [6.07, 6.45) is 1.51. The molecule has 0 saturated carbocycles. The van der Waals surface area contributed by atoms with Crippen molar-refractivity contribution >= 4 is 34.1 Å². The van der Waals surface area contributed by atoms with Crippen LogP contribution in [-0.4, -0.2) is 61.1 Å². The molecule has 0 aliphatic carbocycles. The number of rotatable bonds is 7. The van der Waals surface area contributed by atoms with Crippen LogP contribution in [0.2, 0.25) is 0 Å². The summed E-state index contributed by atoms with van der Waals surface area (Å²) in [4.78, 5) is 32.6. The number of carbonyl (C=O) groups is 2. The van der Waals surface area contributed by atoms with E-state index in [0.29, 0.717) is 48.4 Å². The van der Waals surface area contributed by atoms with Crippen molar-refractivity contribution in [3.8, 4) is 17.7 Å². The van der Waals surface area contributed by atoms with Crippen molar-refractivity contribution in [3.05, 3.63) is 41.1 Å². The van der Waals surface area contributed by atoms with Gasteiger partial charge in [0.15, 0.2) is 5.76 Å². The van der Waals surface area contributed by atoms with Crippen molar-refractivity contribution < 1.29 is 23.2 Å². The highest BCUT2D eigenvalue weighted by atomic mass is 32.1. The predicted octanol–water partition coefficient (Wildman–Crippen LogP) is 2.81. The molecule has 0 aromatic carbocycles. The van der Waals surface area contributed by atoms with Gasteiger partial charge in [-0.05, 0) is 30.5 Å². The van der Waals surface area contributed by atoms with Gasteiger partial charge in [-0.2, -0.15) is 10.2 Å². The summed E-state index contributed by atoms with van der Waals surface area (Å²) < 4.78 is 16.1. The van der Waals surface area contributed by atoms with E-state index >= 15 is 0 Å². The Morgan fingerprint density at radius 2 is 2.12 bits per heavy atom. The molecule has 3 aromatic rings. The van der Waals surface area contributed by atoms with Gasteiger partial charge in [0.2, 0.25) is 17.5 Å². The number of nitriles is 1. The second kappa shape index (κ2) is 9.67. The highest BCUT2D eigenvalue weighted by Crippen LogP contribution is 2.29. The van der Waals surface area contributed by atoms with E-state index in [9.17, 15) is 14.9 Å². The fourth-order valence-corrected chi connectivity index (χ4v) is 4.15. The van der Waals surface area contributed by atoms with Crippen molar-refractivity contribution in [1.82, 2.24) is 9.88 Å². The van der Waals surface area contributed by atoms with Gasteiger partial charge >= 0.3 is 5.97 Å². The summed E-state index contributed by atoms with van der Waals surface area (Å²) in [5.41, 5.74) is 0.559. The standard InChI is InChI=1S/C21H21N5O5S/c1-2-29-21(28)14-5-11-32-19(14)24-17(27)13-25-6-8-26(9-7-25)20-15(12-22)23-18(31-20)16-4-3-10-30-16/h3-5,10-11H,2,6-9,13H2,1H3,(H,24,27). The molecule has 166 valence electrons. The zero-order valence-electron chi connectivity index (χ0n) is 17.4. The highest BCUT2D eigenvalue weighted by Gasteiger charge is 2.26. The number of nitrogens with one attached hydrogen (secondary N) is 1. The minimum Gasteiger partial charge on any atom is -0.462 e. The number of oxazole rings is 1. The van der Waals surface area contributed by atoms with E-state index in [1.807, 2.05) is 9.80 Å². The van der Waals surface area contributed by atoms with Gasteiger partial charge in [0, 0.05) is 26.2 Å². The number of piperazine rings is 1. The van der Waals surface area contributed by atoms with Crippen LogP contribution in [-0.2, 0) is 9.53 Å². The number of hydrogen-bond donors (Lipinski definition) is 1. The van der Waals surface area contributed by atoms with Crippen LogP contribution < -0.4 is 10.2 Å². The monoisotopic (exact) mass is 455 g/mol. The summed E-state index contributed by atoms with van der Waals surface area (Å²) in [6.45, 7) is 4.54. The highest BCUT2D eigenvalue weighted by molar-refractivity contribution is 7.14. The second-order valence-corrected chi connectivity index (χ2v) is 7.87. The maximum absolute atomic E-state index is 12.5. The van der Waals surface area contributed by atoms with Crippen LogP contribution in [0.25, 0.3) is 11.7 Å². The van der Waals surface area contributed by atoms with Crippen molar-refractivity contribution in [1.29, 1.82) is 5.26 Å². The van der Waals surface area contributed by atoms with Gasteiger partial charge in [0.25, 0.3) is 5.89 Å². The first-order valence-electron chi connectivity index (χ1n) is 10.1. The number of furan rings is 1. The summed E-state index contributed by atoms with van der Waals surface area (Å²) >= 11 is 1.28. The Kier molecular flexibility index (Phi) is 6.53. The van der Waals surface area contributed by atoms with Crippen LogP contribution in [0.1, 0.15) is 23.0 Å². The second-order valence-electron chi connectivity index (χ2n) is 6.96. The number of thiophene rings is 1. The molecule has 32 heavy (non-hydrogen) atoms. The SMILES string of the molecule is CCOC(=O)c1ccsc1NC(=O)CN1CCN(c2oc(-c3ccco3)nc2C#N)CC1. The number of amides is 1. The number of esters is 1. The number of aromatic nitrogens is 1. The zero-order chi connectivity index (χ0) is 22.5. The number of nitrogens with zero attached hydrogens (tertiary/aromatic N) is 4. The molecule has 0 bridgehead atoms. The molecule has 4 heterocycles. The molecule has 0 radical (unpaired) electrons. The Morgan fingerprint density at radius 3 is 2.81 bits per heavy atom. The molecule has 10 nitrogen and oxygen atoms in total. The lowest BCUT2D eigenvalue weighted by atomic mass is 10.3. The molecule has 1 aliphatic rings. The van der Waals surface area contributed by atoms with Crippen molar-refractivity contribution in [2.24, 2.45) is 0 Å². The number of carbonyl (C=O) groups excluding carboxylic acids is 2. The molecule has 0 atom stereocenters. The smallest absolute Gasteiger partial charge is 0.341 e. The average molecular weight is 455 g/mol. The maximum atomic E-state index is 12.5. The van der Waals surface area contributed by atoms with E-state index in [4.69, 9.17) is 13.6 Å². The fraction of sp³-hybridized carbons (Fsp3) is 0.333. The van der Waals surface area contributed by atoms with E-state index in [0.717, 1.165) is 0 Å². The van der Waals surface area contributed by atoms with Crippen LogP contribution >= 0.6 is 11.3 Å². The van der Waals surface area contributed by atoms with E-state index < -0.39 is 5.97 Å². The molecule has 0 spiro atoms. The van der Waals surface area contributed by atoms with Gasteiger partial charge in [-0.25, -0.2) is 4.79 Å². The lowest BCUT2D eigenvalue weighted by Gasteiger charge is -2.33. The van der Waals surface area contributed by atoms with Crippen LogP contribution in [0.4, 0.5) is 10.9 Å². The lowest BCUT2D eigenvalue weighted by Crippen LogP contribution is -2.48. The summed E-state index contributed by atoms with van der Waals surface area (Å²) in [6, 6.07) is 7.14. The first-order valence-corrected chi connectivity index (χ1v) is 10.9. The van der Waals surface area contributed by atoms with Gasteiger partial charge in [-0.15, -0.1) is 11.3 Å². The van der Waals surface area contributed by atoms with Crippen LogP contribution in [0.3, 0.4) is 0 Å². The van der Waals surface area contributed by atoms with Gasteiger partial charge in [0.1, 0.15) is 11.1 Å². The largest absolute Gasteiger partial charge is 0.462 e. The summed E-state index contributed by atoms with van der Waals surface area (Å²) in [5.74, 6) is 0.465. The lowest BCUT2D eigenvalue weighted by molar-refractivity contribution is -0.117. The molecule has 1 N–H and O–H groups in total. The van der Waals surface area contributed by atoms with E-state index in [2.05, 4.69) is 16.4 Å². The van der Waals surface area contributed by atoms with Crippen LogP contribution in [0, 0.1) is 11.3 Å². The fourth-order valence-electron chi connectivity index (χ4n) is 3.36. The molecule has 0 unspecified atom stereocenters. The molecule has 1 aliphatic heterocycles. The molecule has 1 amide bonds. The third-order valence-electron chi connectivity index (χ3n) is 4.89. The topological polar surface area (TPSA) is 125 Å². The average Bonchev–Trinajstić information content (AvgIpc) is 3.54. The first-order chi connectivity index (χ1) is 15.6. The molecule has 11 heteroatoms. The van der Waals surface area contributed by atoms with Gasteiger partial charge < -0.3 is 23.8 Å². The van der Waals surface area contributed by atoms with Crippen LogP contribution in [0.5, 0.6) is 0 Å². The van der Waals surface area contributed by atoms with Crippen molar-refractivity contribution in [2.75, 3.05) is 49.5 Å². The number of anilines is 2. The van der Waals surface area contributed by atoms with Gasteiger partial charge in [-0.3, -0.25) is 9.69 Å². The number of hydrogen-bond acceptors (Lipinski definition) is 10. The third-order valence-corrected chi connectivity index (χ3v) is 5.72. The molecule has 1 saturated heterocycles. The van der Waals surface area contributed by atoms with Crippen molar-refractivity contribution in [2.45, 2.75) is 6.92 Å². The van der Waals surface area contributed by atoms with E-state index in [1.54, 1.807) is 30.5 Å². The first kappa shape index (κ1) is 21.6. The summed E-state index contributed by atoms with van der Waals surface area (Å²) in [7, 11) is 0. The summed E-state index contributed by atoms with van der Waals surface area (Å²) in [5, 5.41) is 14.4. The predicted molar refractivity (Wildman–Crippen MR) is 116 cm³/mol. The molecular weight excluding hydrogens is 434 g/mol. The third kappa shape index (κ3) is 4.66. The Bertz CT molecular complexity index is 1120. The minimum absolute atomic E-state index is 0.188. The minimum atomic E-state index is -0.452. The van der Waals surface area contributed by atoms with Gasteiger partial charge in [0.05, 0.1) is 25.0 Å². The Balaban J connectivity index is 1.33. The molecule has 3 aromatic heterocycles. The Morgan fingerprint density at radius 1 is 1.31 bits per heavy atom. The number of ether oxygens (including phenoxy) is 1. The van der Waals surface area contributed by atoms with E-state index in [1.165, 1.54) is 17.6 Å². The Labute approximate surface area is 188 Å². The van der Waals surface area contributed by atoms with Crippen LogP contribution in [0.15, 0.2) is 38.7 Å². The maximum Gasteiger partial charge on any atom is 0.341 e.